The first-order valence-corrected chi connectivity index (χ1v) is 8.67. The van der Waals surface area contributed by atoms with Gasteiger partial charge in [0.05, 0.1) is 0 Å². The molecular weight excluding hydrogens is 293 g/mol. The molecule has 0 N–H and O–H groups in total. The van der Waals surface area contributed by atoms with Gasteiger partial charge >= 0.3 is 0 Å². The predicted molar refractivity (Wildman–Crippen MR) is 92.8 cm³/mol. The summed E-state index contributed by atoms with van der Waals surface area (Å²) in [5.74, 6) is 0.281. The minimum Gasteiger partial charge on any atom is -0.378 e. The smallest absolute Gasteiger partial charge is 0.123 e. The van der Waals surface area contributed by atoms with Gasteiger partial charge in [-0.2, -0.15) is 0 Å². The average Bonchev–Trinajstić information content (AvgIpc) is 2.99. The van der Waals surface area contributed by atoms with Crippen molar-refractivity contribution >= 4 is 11.3 Å². The molecule has 1 aromatic carbocycles. The second-order valence-corrected chi connectivity index (χ2v) is 7.20. The van der Waals surface area contributed by atoms with Gasteiger partial charge in [-0.25, -0.2) is 4.39 Å². The Hall–Kier alpha value is -1.61. The number of hydrogen-bond donors (Lipinski definition) is 0. The molecule has 0 saturated carbocycles. The van der Waals surface area contributed by atoms with Gasteiger partial charge in [0.25, 0.3) is 0 Å². The molecule has 1 saturated heterocycles. The maximum absolute atomic E-state index is 13.8. The molecule has 22 heavy (non-hydrogen) atoms. The van der Waals surface area contributed by atoms with Crippen LogP contribution in [0.1, 0.15) is 36.1 Å². The first kappa shape index (κ1) is 15.3. The molecule has 2 aromatic rings. The third kappa shape index (κ3) is 2.95. The molecule has 1 nitrogen and oxygen atoms in total. The number of rotatable bonds is 3. The quantitative estimate of drug-likeness (QED) is 0.729. The third-order valence-electron chi connectivity index (χ3n) is 4.57. The van der Waals surface area contributed by atoms with Crippen molar-refractivity contribution in [3.05, 3.63) is 58.9 Å². The summed E-state index contributed by atoms with van der Waals surface area (Å²) in [6, 6.07) is 9.54. The Kier molecular flexibility index (Phi) is 4.34. The topological polar surface area (TPSA) is 3.24 Å². The van der Waals surface area contributed by atoms with E-state index in [9.17, 15) is 4.39 Å². The van der Waals surface area contributed by atoms with Crippen molar-refractivity contribution in [2.45, 2.75) is 32.1 Å². The van der Waals surface area contributed by atoms with E-state index >= 15 is 0 Å². The predicted octanol–water partition coefficient (Wildman–Crippen LogP) is 5.44. The Bertz CT molecular complexity index is 688. The number of nitrogens with zero attached hydrogens (tertiary/aromatic N) is 1. The van der Waals surface area contributed by atoms with E-state index in [0.29, 0.717) is 5.92 Å². The fraction of sp³-hybridized carbons (Fsp3) is 0.368. The van der Waals surface area contributed by atoms with E-state index in [2.05, 4.69) is 37.6 Å². The van der Waals surface area contributed by atoms with E-state index in [1.165, 1.54) is 21.0 Å². The van der Waals surface area contributed by atoms with E-state index in [1.54, 1.807) is 23.5 Å². The number of thiophene rings is 1. The Morgan fingerprint density at radius 1 is 1.32 bits per heavy atom. The first-order chi connectivity index (χ1) is 10.6. The van der Waals surface area contributed by atoms with Crippen molar-refractivity contribution in [2.24, 2.45) is 0 Å². The second kappa shape index (κ2) is 6.25. The van der Waals surface area contributed by atoms with Crippen LogP contribution in [-0.4, -0.2) is 18.5 Å². The van der Waals surface area contributed by atoms with Crippen LogP contribution in [-0.2, 0) is 6.42 Å². The summed E-state index contributed by atoms with van der Waals surface area (Å²) in [5.41, 5.74) is 3.50. The highest BCUT2D eigenvalue weighted by atomic mass is 32.1. The molecule has 1 aromatic heterocycles. The van der Waals surface area contributed by atoms with Crippen LogP contribution in [0, 0.1) is 5.82 Å². The summed E-state index contributed by atoms with van der Waals surface area (Å²) in [4.78, 5) is 4.74. The molecular formula is C19H22FNS. The number of piperidine rings is 1. The highest BCUT2D eigenvalue weighted by molar-refractivity contribution is 7.15. The van der Waals surface area contributed by atoms with Crippen molar-refractivity contribution in [1.82, 2.24) is 4.90 Å². The summed E-state index contributed by atoms with van der Waals surface area (Å²) in [5, 5.41) is 0. The van der Waals surface area contributed by atoms with Crippen LogP contribution >= 0.6 is 11.3 Å². The molecule has 1 aliphatic heterocycles. The summed E-state index contributed by atoms with van der Waals surface area (Å²) in [6.07, 6.45) is 3.08. The lowest BCUT2D eigenvalue weighted by molar-refractivity contribution is 0.322. The van der Waals surface area contributed by atoms with E-state index < -0.39 is 0 Å². The van der Waals surface area contributed by atoms with E-state index in [4.69, 9.17) is 0 Å². The largest absolute Gasteiger partial charge is 0.378 e. The highest BCUT2D eigenvalue weighted by Crippen LogP contribution is 2.40. The van der Waals surface area contributed by atoms with Crippen molar-refractivity contribution in [2.75, 3.05) is 13.6 Å². The lowest BCUT2D eigenvalue weighted by Gasteiger charge is -2.33. The number of halogens is 1. The second-order valence-electron chi connectivity index (χ2n) is 6.03. The molecule has 0 aliphatic carbocycles. The fourth-order valence-corrected chi connectivity index (χ4v) is 4.11. The molecule has 1 aliphatic rings. The van der Waals surface area contributed by atoms with Crippen LogP contribution in [0.15, 0.2) is 42.6 Å². The molecule has 2 heterocycles. The zero-order valence-electron chi connectivity index (χ0n) is 13.2. The number of aryl methyl sites for hydroxylation is 1. The Morgan fingerprint density at radius 2 is 2.14 bits per heavy atom. The Balaban J connectivity index is 1.99. The van der Waals surface area contributed by atoms with Crippen molar-refractivity contribution in [3.63, 3.8) is 0 Å². The normalized spacial score (nSPS) is 18.8. The summed E-state index contributed by atoms with van der Waals surface area (Å²) in [7, 11) is 2.09. The van der Waals surface area contributed by atoms with Gasteiger partial charge in [0.2, 0.25) is 0 Å². The third-order valence-corrected chi connectivity index (χ3v) is 5.83. The molecule has 1 atom stereocenters. The van der Waals surface area contributed by atoms with Gasteiger partial charge in [0.15, 0.2) is 0 Å². The zero-order valence-corrected chi connectivity index (χ0v) is 14.0. The van der Waals surface area contributed by atoms with Crippen LogP contribution in [0.2, 0.25) is 0 Å². The number of allylic oxidation sites excluding steroid dienone is 1. The first-order valence-electron chi connectivity index (χ1n) is 7.86. The zero-order chi connectivity index (χ0) is 15.7. The van der Waals surface area contributed by atoms with Crippen LogP contribution in [0.5, 0.6) is 0 Å². The maximum atomic E-state index is 13.8. The van der Waals surface area contributed by atoms with Crippen molar-refractivity contribution < 1.29 is 4.39 Å². The molecule has 1 fully saturated rings. The van der Waals surface area contributed by atoms with Crippen LogP contribution in [0.3, 0.4) is 0 Å². The van der Waals surface area contributed by atoms with Gasteiger partial charge in [0.1, 0.15) is 5.82 Å². The molecule has 3 rings (SSSR count). The average molecular weight is 315 g/mol. The van der Waals surface area contributed by atoms with E-state index in [1.807, 2.05) is 6.07 Å². The van der Waals surface area contributed by atoms with Gasteiger partial charge in [-0.3, -0.25) is 0 Å². The van der Waals surface area contributed by atoms with E-state index in [0.717, 1.165) is 31.4 Å². The summed E-state index contributed by atoms with van der Waals surface area (Å²) < 4.78 is 13.8. The minimum absolute atomic E-state index is 0.156. The number of hydrogen-bond acceptors (Lipinski definition) is 2. The Morgan fingerprint density at radius 3 is 2.82 bits per heavy atom. The lowest BCUT2D eigenvalue weighted by Crippen LogP contribution is -2.27. The molecule has 0 bridgehead atoms. The number of benzene rings is 1. The van der Waals surface area contributed by atoms with Gasteiger partial charge in [-0.1, -0.05) is 19.6 Å². The number of likely N-dealkylation sites (tertiary alicyclic amines) is 1. The van der Waals surface area contributed by atoms with Crippen molar-refractivity contribution in [3.8, 4) is 10.4 Å². The lowest BCUT2D eigenvalue weighted by atomic mass is 9.85. The molecule has 0 amide bonds. The SMILES string of the molecule is C=C1CC(c2ccc(F)cc2-c2ccc(CC)s2)CCN1C. The molecule has 0 radical (unpaired) electrons. The molecule has 116 valence electrons. The maximum Gasteiger partial charge on any atom is 0.123 e. The molecule has 0 spiro atoms. The van der Waals surface area contributed by atoms with Crippen LogP contribution in [0.4, 0.5) is 4.39 Å². The van der Waals surface area contributed by atoms with Gasteiger partial charge in [0, 0.05) is 29.0 Å². The Labute approximate surface area is 136 Å². The molecule has 3 heteroatoms. The van der Waals surface area contributed by atoms with Gasteiger partial charge < -0.3 is 4.90 Å². The van der Waals surface area contributed by atoms with Gasteiger partial charge in [-0.15, -0.1) is 11.3 Å². The van der Waals surface area contributed by atoms with Crippen LogP contribution in [0.25, 0.3) is 10.4 Å². The van der Waals surface area contributed by atoms with E-state index in [-0.39, 0.29) is 5.82 Å². The molecule has 1 unspecified atom stereocenters. The monoisotopic (exact) mass is 315 g/mol. The minimum atomic E-state index is -0.156. The van der Waals surface area contributed by atoms with Crippen LogP contribution < -0.4 is 0 Å². The standard InChI is InChI=1S/C19H22FNS/c1-4-16-6-8-19(22-16)18-12-15(20)5-7-17(18)14-9-10-21(3)13(2)11-14/h5-8,12,14H,2,4,9-11H2,1,3H3. The fourth-order valence-electron chi connectivity index (χ4n) is 3.13. The highest BCUT2D eigenvalue weighted by Gasteiger charge is 2.24. The summed E-state index contributed by atoms with van der Waals surface area (Å²) >= 11 is 1.77. The summed E-state index contributed by atoms with van der Waals surface area (Å²) in [6.45, 7) is 7.34. The van der Waals surface area contributed by atoms with Gasteiger partial charge in [-0.05, 0) is 60.6 Å². The van der Waals surface area contributed by atoms with Crippen molar-refractivity contribution in [1.29, 1.82) is 0 Å².